The first kappa shape index (κ1) is 19.2. The molecular weight excluding hydrogens is 400 g/mol. The number of phenolic OH excluding ortho intramolecular Hbond substituents is 1. The fraction of sp³-hybridized carbons (Fsp3) is 0.250. The van der Waals surface area contributed by atoms with Crippen molar-refractivity contribution in [3.63, 3.8) is 0 Å². The molecule has 2 aliphatic carbocycles. The van der Waals surface area contributed by atoms with Crippen LogP contribution in [0.5, 0.6) is 17.2 Å². The topological polar surface area (TPSA) is 55.8 Å². The van der Waals surface area contributed by atoms with Crippen LogP contribution in [0.15, 0.2) is 60.7 Å². The van der Waals surface area contributed by atoms with E-state index in [2.05, 4.69) is 6.92 Å². The van der Waals surface area contributed by atoms with Crippen molar-refractivity contribution in [2.45, 2.75) is 44.4 Å². The predicted octanol–water partition coefficient (Wildman–Crippen LogP) is 7.12. The minimum atomic E-state index is -0.760. The molecule has 2 bridgehead atoms. The average molecular weight is 424 g/mol. The summed E-state index contributed by atoms with van der Waals surface area (Å²) in [6.45, 7) is 4.20. The fourth-order valence-electron chi connectivity index (χ4n) is 5.83. The second-order valence-electron chi connectivity index (χ2n) is 9.48. The molecule has 2 atom stereocenters. The van der Waals surface area contributed by atoms with Crippen molar-refractivity contribution >= 4 is 27.7 Å². The Hall–Kier alpha value is -3.53. The number of ether oxygens (including phenoxy) is 2. The summed E-state index contributed by atoms with van der Waals surface area (Å²) in [4.78, 5) is 12.9. The predicted molar refractivity (Wildman–Crippen MR) is 125 cm³/mol. The van der Waals surface area contributed by atoms with E-state index in [1.807, 2.05) is 61.5 Å². The summed E-state index contributed by atoms with van der Waals surface area (Å²) in [5.41, 5.74) is 2.88. The van der Waals surface area contributed by atoms with Crippen molar-refractivity contribution in [2.24, 2.45) is 0 Å². The van der Waals surface area contributed by atoms with E-state index < -0.39 is 6.16 Å². The Morgan fingerprint density at radius 3 is 2.66 bits per heavy atom. The number of benzene rings is 4. The van der Waals surface area contributed by atoms with E-state index >= 15 is 0 Å². The molecule has 6 rings (SSSR count). The molecule has 1 fully saturated rings. The first-order chi connectivity index (χ1) is 15.4. The molecule has 2 unspecified atom stereocenters. The smallest absolute Gasteiger partial charge is 0.507 e. The highest BCUT2D eigenvalue weighted by Gasteiger charge is 2.50. The number of phenols is 1. The van der Waals surface area contributed by atoms with Crippen molar-refractivity contribution in [1.29, 1.82) is 0 Å². The van der Waals surface area contributed by atoms with Gasteiger partial charge in [0.25, 0.3) is 0 Å². The molecule has 4 nitrogen and oxygen atoms in total. The quantitative estimate of drug-likeness (QED) is 0.275. The lowest BCUT2D eigenvalue weighted by Gasteiger charge is -2.27. The molecular formula is C28H24O4. The molecule has 0 heterocycles. The Balaban J connectivity index is 1.43. The Morgan fingerprint density at radius 2 is 1.81 bits per heavy atom. The van der Waals surface area contributed by atoms with Crippen molar-refractivity contribution in [1.82, 2.24) is 0 Å². The van der Waals surface area contributed by atoms with Gasteiger partial charge in [0.15, 0.2) is 0 Å². The first-order valence-electron chi connectivity index (χ1n) is 11.1. The Kier molecular flexibility index (Phi) is 4.03. The van der Waals surface area contributed by atoms with Crippen molar-refractivity contribution < 1.29 is 19.4 Å². The summed E-state index contributed by atoms with van der Waals surface area (Å²) in [5.74, 6) is 1.60. The molecule has 4 aromatic carbocycles. The molecule has 0 amide bonds. The molecule has 0 spiro atoms. The second-order valence-corrected chi connectivity index (χ2v) is 9.48. The summed E-state index contributed by atoms with van der Waals surface area (Å²) in [7, 11) is 0. The van der Waals surface area contributed by atoms with Crippen LogP contribution < -0.4 is 9.47 Å². The van der Waals surface area contributed by atoms with Gasteiger partial charge in [-0.2, -0.15) is 0 Å². The summed E-state index contributed by atoms with van der Waals surface area (Å²) in [5, 5.41) is 14.7. The van der Waals surface area contributed by atoms with Gasteiger partial charge in [0.1, 0.15) is 17.2 Å². The maximum atomic E-state index is 12.9. The standard InChI is InChI=1S/C28H24O4/c1-16-7-10-21-22(13-16)26(23-19-11-12-28(2,15-19)24(23)25(21)29)32-27(30)31-20-9-8-17-5-3-4-6-18(17)14-20/h3-10,13-14,19,29H,11-12,15H2,1-2H3. The zero-order chi connectivity index (χ0) is 22.0. The highest BCUT2D eigenvalue weighted by atomic mass is 16.7. The van der Waals surface area contributed by atoms with Crippen LogP contribution in [0, 0.1) is 6.92 Å². The third kappa shape index (κ3) is 2.79. The van der Waals surface area contributed by atoms with E-state index in [1.54, 1.807) is 6.07 Å². The monoisotopic (exact) mass is 424 g/mol. The van der Waals surface area contributed by atoms with Gasteiger partial charge in [-0.15, -0.1) is 0 Å². The molecule has 2 aliphatic rings. The Bertz CT molecular complexity index is 1420. The average Bonchev–Trinajstić information content (AvgIpc) is 3.30. The molecule has 0 radical (unpaired) electrons. The number of aromatic hydroxyl groups is 1. The zero-order valence-electron chi connectivity index (χ0n) is 18.1. The molecule has 4 aromatic rings. The van der Waals surface area contributed by atoms with Gasteiger partial charge in [0.2, 0.25) is 0 Å². The number of aryl methyl sites for hydroxylation is 1. The molecule has 0 aromatic heterocycles. The molecule has 32 heavy (non-hydrogen) atoms. The van der Waals surface area contributed by atoms with E-state index in [9.17, 15) is 9.90 Å². The van der Waals surface area contributed by atoms with E-state index in [4.69, 9.17) is 9.47 Å². The van der Waals surface area contributed by atoms with E-state index in [0.717, 1.165) is 57.5 Å². The number of rotatable bonds is 2. The number of hydrogen-bond acceptors (Lipinski definition) is 4. The van der Waals surface area contributed by atoms with Crippen LogP contribution in [0.3, 0.4) is 0 Å². The van der Waals surface area contributed by atoms with Gasteiger partial charge in [-0.25, -0.2) is 4.79 Å². The number of carbonyl (C=O) groups excluding carboxylic acids is 1. The highest BCUT2D eigenvalue weighted by Crippen LogP contribution is 2.63. The molecule has 1 N–H and O–H groups in total. The lowest BCUT2D eigenvalue weighted by Crippen LogP contribution is -2.19. The number of hydrogen-bond donors (Lipinski definition) is 1. The third-order valence-corrected chi connectivity index (χ3v) is 7.29. The molecule has 1 saturated carbocycles. The van der Waals surface area contributed by atoms with Gasteiger partial charge >= 0.3 is 6.16 Å². The lowest BCUT2D eigenvalue weighted by atomic mass is 9.78. The van der Waals surface area contributed by atoms with Crippen LogP contribution in [0.1, 0.15) is 48.8 Å². The summed E-state index contributed by atoms with van der Waals surface area (Å²) < 4.78 is 11.5. The zero-order valence-corrected chi connectivity index (χ0v) is 18.1. The van der Waals surface area contributed by atoms with Gasteiger partial charge in [0.05, 0.1) is 0 Å². The number of fused-ring (bicyclic) bond motifs is 7. The highest BCUT2D eigenvalue weighted by molar-refractivity contribution is 5.98. The summed E-state index contributed by atoms with van der Waals surface area (Å²) in [6, 6.07) is 19.3. The van der Waals surface area contributed by atoms with Gasteiger partial charge in [-0.1, -0.05) is 55.0 Å². The maximum absolute atomic E-state index is 12.9. The van der Waals surface area contributed by atoms with Gasteiger partial charge < -0.3 is 14.6 Å². The normalized spacial score (nSPS) is 21.1. The van der Waals surface area contributed by atoms with Crippen molar-refractivity contribution in [3.05, 3.63) is 77.4 Å². The van der Waals surface area contributed by atoms with Gasteiger partial charge in [-0.3, -0.25) is 0 Å². The molecule has 0 aliphatic heterocycles. The van der Waals surface area contributed by atoms with Crippen LogP contribution in [0.2, 0.25) is 0 Å². The van der Waals surface area contributed by atoms with Gasteiger partial charge in [-0.05, 0) is 66.5 Å². The van der Waals surface area contributed by atoms with Crippen LogP contribution in [-0.2, 0) is 5.41 Å². The first-order valence-corrected chi connectivity index (χ1v) is 11.1. The lowest BCUT2D eigenvalue weighted by molar-refractivity contribution is 0.152. The van der Waals surface area contributed by atoms with E-state index in [1.165, 1.54) is 0 Å². The molecule has 0 saturated heterocycles. The van der Waals surface area contributed by atoms with E-state index in [-0.39, 0.29) is 11.3 Å². The largest absolute Gasteiger partial charge is 0.519 e. The summed E-state index contributed by atoms with van der Waals surface area (Å²) >= 11 is 0. The van der Waals surface area contributed by atoms with Crippen molar-refractivity contribution in [2.75, 3.05) is 0 Å². The second kappa shape index (κ2) is 6.73. The Morgan fingerprint density at radius 1 is 1.00 bits per heavy atom. The maximum Gasteiger partial charge on any atom is 0.519 e. The summed E-state index contributed by atoms with van der Waals surface area (Å²) in [6.07, 6.45) is 2.29. The minimum absolute atomic E-state index is 0.0798. The third-order valence-electron chi connectivity index (χ3n) is 7.29. The van der Waals surface area contributed by atoms with Crippen molar-refractivity contribution in [3.8, 4) is 17.2 Å². The van der Waals surface area contributed by atoms with Crippen LogP contribution in [0.4, 0.5) is 4.79 Å². The van der Waals surface area contributed by atoms with Crippen LogP contribution >= 0.6 is 0 Å². The van der Waals surface area contributed by atoms with Crippen LogP contribution in [0.25, 0.3) is 21.5 Å². The minimum Gasteiger partial charge on any atom is -0.507 e. The number of carbonyl (C=O) groups is 1. The molecule has 160 valence electrons. The Labute approximate surface area is 186 Å². The van der Waals surface area contributed by atoms with Crippen LogP contribution in [-0.4, -0.2) is 11.3 Å². The van der Waals surface area contributed by atoms with Gasteiger partial charge in [0, 0.05) is 21.9 Å². The molecule has 4 heteroatoms. The fourth-order valence-corrected chi connectivity index (χ4v) is 5.83. The SMILES string of the molecule is Cc1ccc2c(O)c3c(c(OC(=O)Oc4ccc5ccccc5c4)c2c1)C1CCC3(C)C1. The van der Waals surface area contributed by atoms with E-state index in [0.29, 0.717) is 17.2 Å².